The van der Waals surface area contributed by atoms with Gasteiger partial charge >= 0.3 is 0 Å². The van der Waals surface area contributed by atoms with Gasteiger partial charge in [-0.25, -0.2) is 9.97 Å². The third kappa shape index (κ3) is 3.19. The van der Waals surface area contributed by atoms with E-state index in [1.165, 1.54) is 0 Å². The number of thiophene rings is 1. The molecule has 29 heavy (non-hydrogen) atoms. The van der Waals surface area contributed by atoms with Crippen LogP contribution < -0.4 is 4.90 Å². The van der Waals surface area contributed by atoms with E-state index in [1.807, 2.05) is 26.1 Å². The minimum atomic E-state index is -0.0888. The molecule has 1 atom stereocenters. The van der Waals surface area contributed by atoms with Gasteiger partial charge in [-0.2, -0.15) is 0 Å². The maximum Gasteiger partial charge on any atom is 0.225 e. The second-order valence-electron chi connectivity index (χ2n) is 8.19. The van der Waals surface area contributed by atoms with Crippen molar-refractivity contribution < 1.29 is 9.32 Å². The highest BCUT2D eigenvalue weighted by atomic mass is 32.1. The first-order chi connectivity index (χ1) is 14.1. The van der Waals surface area contributed by atoms with Gasteiger partial charge in [0.1, 0.15) is 5.76 Å². The van der Waals surface area contributed by atoms with Crippen molar-refractivity contribution in [3.63, 3.8) is 0 Å². The molecule has 5 rings (SSSR count). The van der Waals surface area contributed by atoms with Crippen LogP contribution >= 0.6 is 11.3 Å². The molecule has 5 heterocycles. The molecule has 2 aliphatic rings. The van der Waals surface area contributed by atoms with E-state index in [-0.39, 0.29) is 11.4 Å². The Labute approximate surface area is 173 Å². The van der Waals surface area contributed by atoms with Gasteiger partial charge in [0.2, 0.25) is 11.9 Å². The van der Waals surface area contributed by atoms with E-state index in [2.05, 4.69) is 25.3 Å². The van der Waals surface area contributed by atoms with Crippen LogP contribution in [0.25, 0.3) is 10.2 Å². The molecule has 0 unspecified atom stereocenters. The topological polar surface area (TPSA) is 75.4 Å². The first-order valence-electron chi connectivity index (χ1n) is 10.2. The van der Waals surface area contributed by atoms with E-state index in [0.717, 1.165) is 72.0 Å². The lowest BCUT2D eigenvalue weighted by atomic mass is 9.87. The van der Waals surface area contributed by atoms with Gasteiger partial charge in [0, 0.05) is 30.6 Å². The molecule has 1 amide bonds. The number of hydrogen-bond acceptors (Lipinski definition) is 7. The maximum atomic E-state index is 12.8. The summed E-state index contributed by atoms with van der Waals surface area (Å²) in [4.78, 5) is 26.6. The second-order valence-corrected chi connectivity index (χ2v) is 9.14. The number of likely N-dealkylation sites (tertiary alicyclic amines) is 1. The minimum Gasteiger partial charge on any atom is -0.361 e. The van der Waals surface area contributed by atoms with Crippen LogP contribution in [0, 0.1) is 13.8 Å². The number of carbonyl (C=O) groups excluding carboxylic acids is 1. The molecule has 3 aromatic heterocycles. The summed E-state index contributed by atoms with van der Waals surface area (Å²) < 4.78 is 6.45. The smallest absolute Gasteiger partial charge is 0.225 e. The second kappa shape index (κ2) is 7.09. The van der Waals surface area contributed by atoms with Crippen molar-refractivity contribution in [2.45, 2.75) is 58.0 Å². The lowest BCUT2D eigenvalue weighted by Gasteiger charge is -2.38. The van der Waals surface area contributed by atoms with Crippen molar-refractivity contribution in [2.24, 2.45) is 0 Å². The Morgan fingerprint density at radius 3 is 2.97 bits per heavy atom. The fraction of sp³-hybridized carbons (Fsp3) is 0.524. The molecule has 152 valence electrons. The van der Waals surface area contributed by atoms with Crippen molar-refractivity contribution in [3.8, 4) is 0 Å². The Kier molecular flexibility index (Phi) is 4.53. The van der Waals surface area contributed by atoms with Crippen molar-refractivity contribution in [1.29, 1.82) is 0 Å². The number of fused-ring (bicyclic) bond motifs is 1. The first kappa shape index (κ1) is 18.5. The standard InChI is InChI=1S/C21H25N5O2S/c1-14-16(15(2)28-24-14)13-26-19(27)4-7-21(26)6-3-9-25(10-8-21)20-22-12-18-17(23-20)5-11-29-18/h5,11-12H,3-4,6-10,13H2,1-2H3/t21-/m1/s1. The van der Waals surface area contributed by atoms with E-state index in [0.29, 0.717) is 13.0 Å². The van der Waals surface area contributed by atoms with Crippen LogP contribution in [0.1, 0.15) is 49.1 Å². The fourth-order valence-electron chi connectivity index (χ4n) is 4.82. The highest BCUT2D eigenvalue weighted by molar-refractivity contribution is 7.17. The predicted octanol–water partition coefficient (Wildman–Crippen LogP) is 3.85. The summed E-state index contributed by atoms with van der Waals surface area (Å²) in [6.45, 7) is 6.25. The van der Waals surface area contributed by atoms with E-state index in [1.54, 1.807) is 11.3 Å². The van der Waals surface area contributed by atoms with Crippen LogP contribution in [0.3, 0.4) is 0 Å². The molecule has 0 N–H and O–H groups in total. The molecule has 2 aliphatic heterocycles. The number of aryl methyl sites for hydroxylation is 2. The van der Waals surface area contributed by atoms with Crippen LogP contribution in [0.15, 0.2) is 22.2 Å². The zero-order valence-corrected chi connectivity index (χ0v) is 17.7. The van der Waals surface area contributed by atoms with Crippen molar-refractivity contribution >= 4 is 33.4 Å². The summed E-state index contributed by atoms with van der Waals surface area (Å²) in [5.41, 5.74) is 2.85. The summed E-state index contributed by atoms with van der Waals surface area (Å²) in [5.74, 6) is 1.86. The van der Waals surface area contributed by atoms with Gasteiger partial charge in [-0.1, -0.05) is 5.16 Å². The highest BCUT2D eigenvalue weighted by Crippen LogP contribution is 2.41. The first-order valence-corrected chi connectivity index (χ1v) is 11.1. The Morgan fingerprint density at radius 1 is 1.24 bits per heavy atom. The Balaban J connectivity index is 1.38. The van der Waals surface area contributed by atoms with Gasteiger partial charge in [0.15, 0.2) is 0 Å². The number of carbonyl (C=O) groups is 1. The number of anilines is 1. The molecule has 1 spiro atoms. The van der Waals surface area contributed by atoms with E-state index in [4.69, 9.17) is 9.51 Å². The largest absolute Gasteiger partial charge is 0.361 e. The third-order valence-corrected chi connectivity index (χ3v) is 7.41. The average Bonchev–Trinajstić information content (AvgIpc) is 3.34. The number of hydrogen-bond donors (Lipinski definition) is 0. The van der Waals surface area contributed by atoms with Crippen LogP contribution in [0.5, 0.6) is 0 Å². The molecular formula is C21H25N5O2S. The Hall–Kier alpha value is -2.48. The fourth-order valence-corrected chi connectivity index (χ4v) is 5.51. The summed E-state index contributed by atoms with van der Waals surface area (Å²) >= 11 is 1.67. The number of aromatic nitrogens is 3. The van der Waals surface area contributed by atoms with Crippen molar-refractivity contribution in [1.82, 2.24) is 20.0 Å². The molecule has 3 aromatic rings. The van der Waals surface area contributed by atoms with Gasteiger partial charge in [-0.05, 0) is 51.0 Å². The minimum absolute atomic E-state index is 0.0888. The molecule has 0 saturated carbocycles. The quantitative estimate of drug-likeness (QED) is 0.652. The van der Waals surface area contributed by atoms with Gasteiger partial charge in [-0.3, -0.25) is 4.79 Å². The van der Waals surface area contributed by atoms with Gasteiger partial charge < -0.3 is 14.3 Å². The summed E-state index contributed by atoms with van der Waals surface area (Å²) in [6.07, 6.45) is 6.45. The Bertz CT molecular complexity index is 1040. The summed E-state index contributed by atoms with van der Waals surface area (Å²) in [7, 11) is 0. The lowest BCUT2D eigenvalue weighted by molar-refractivity contribution is -0.132. The normalized spacial score (nSPS) is 22.8. The maximum absolute atomic E-state index is 12.8. The molecule has 2 saturated heterocycles. The SMILES string of the molecule is Cc1noc(C)c1CN1C(=O)CC[C@@]12CCCN(c1ncc3sccc3n1)CC2. The molecule has 8 heteroatoms. The zero-order chi connectivity index (χ0) is 20.0. The molecule has 0 bridgehead atoms. The molecule has 0 radical (unpaired) electrons. The monoisotopic (exact) mass is 411 g/mol. The van der Waals surface area contributed by atoms with E-state index >= 15 is 0 Å². The average molecular weight is 412 g/mol. The van der Waals surface area contributed by atoms with Crippen LogP contribution in [-0.4, -0.2) is 44.6 Å². The Morgan fingerprint density at radius 2 is 2.14 bits per heavy atom. The zero-order valence-electron chi connectivity index (χ0n) is 16.8. The molecule has 7 nitrogen and oxygen atoms in total. The molecule has 2 fully saturated rings. The number of nitrogens with zero attached hydrogens (tertiary/aromatic N) is 5. The van der Waals surface area contributed by atoms with Crippen LogP contribution in [0.2, 0.25) is 0 Å². The number of rotatable bonds is 3. The van der Waals surface area contributed by atoms with Gasteiger partial charge in [-0.15, -0.1) is 11.3 Å². The molecule has 0 aliphatic carbocycles. The molecule has 0 aromatic carbocycles. The lowest BCUT2D eigenvalue weighted by Crippen LogP contribution is -2.46. The summed E-state index contributed by atoms with van der Waals surface area (Å²) in [6, 6.07) is 2.05. The predicted molar refractivity (Wildman–Crippen MR) is 112 cm³/mol. The van der Waals surface area contributed by atoms with Crippen molar-refractivity contribution in [3.05, 3.63) is 34.7 Å². The third-order valence-electron chi connectivity index (χ3n) is 6.57. The van der Waals surface area contributed by atoms with E-state index in [9.17, 15) is 4.79 Å². The summed E-state index contributed by atoms with van der Waals surface area (Å²) in [5, 5.41) is 6.12. The van der Waals surface area contributed by atoms with Gasteiger partial charge in [0.25, 0.3) is 0 Å². The van der Waals surface area contributed by atoms with Crippen LogP contribution in [-0.2, 0) is 11.3 Å². The number of amides is 1. The van der Waals surface area contributed by atoms with Gasteiger partial charge in [0.05, 0.1) is 28.7 Å². The van der Waals surface area contributed by atoms with E-state index < -0.39 is 0 Å². The van der Waals surface area contributed by atoms with Crippen molar-refractivity contribution in [2.75, 3.05) is 18.0 Å². The van der Waals surface area contributed by atoms with Crippen LogP contribution in [0.4, 0.5) is 5.95 Å². The highest BCUT2D eigenvalue weighted by Gasteiger charge is 2.46. The molecular weight excluding hydrogens is 386 g/mol.